The Labute approximate surface area is 98.3 Å². The summed E-state index contributed by atoms with van der Waals surface area (Å²) < 4.78 is 10.8. The maximum Gasteiger partial charge on any atom is 0.328 e. The highest BCUT2D eigenvalue weighted by molar-refractivity contribution is 5.84. The molecule has 1 aromatic heterocycles. The highest BCUT2D eigenvalue weighted by Crippen LogP contribution is 2.37. The molecule has 1 heterocycles. The summed E-state index contributed by atoms with van der Waals surface area (Å²) in [6.07, 6.45) is 5.95. The Bertz CT molecular complexity index is 429. The average molecular weight is 238 g/mol. The highest BCUT2D eigenvalue weighted by Gasteiger charge is 2.38. The van der Waals surface area contributed by atoms with Crippen LogP contribution in [0.2, 0.25) is 0 Å². The molecule has 1 N–H and O–H groups in total. The van der Waals surface area contributed by atoms with E-state index < -0.39 is 5.97 Å². The summed E-state index contributed by atoms with van der Waals surface area (Å²) in [7, 11) is 1.68. The Hall–Kier alpha value is -1.69. The van der Waals surface area contributed by atoms with Gasteiger partial charge in [0.05, 0.1) is 12.0 Å². The quantitative estimate of drug-likeness (QED) is 0.778. The summed E-state index contributed by atoms with van der Waals surface area (Å²) >= 11 is 0. The van der Waals surface area contributed by atoms with Crippen molar-refractivity contribution in [2.45, 2.75) is 31.3 Å². The SMILES string of the molecule is COC1(Cc2nnc(/C=C/C(=O)O)o2)CCC1. The Morgan fingerprint density at radius 1 is 1.59 bits per heavy atom. The van der Waals surface area contributed by atoms with Crippen molar-refractivity contribution in [1.82, 2.24) is 10.2 Å². The zero-order valence-electron chi connectivity index (χ0n) is 9.55. The number of ether oxygens (including phenoxy) is 1. The van der Waals surface area contributed by atoms with Gasteiger partial charge in [0.25, 0.3) is 0 Å². The third-order valence-electron chi connectivity index (χ3n) is 3.02. The van der Waals surface area contributed by atoms with E-state index in [-0.39, 0.29) is 11.5 Å². The molecule has 6 nitrogen and oxygen atoms in total. The average Bonchev–Trinajstić information content (AvgIpc) is 2.68. The summed E-state index contributed by atoms with van der Waals surface area (Å²) in [5.74, 6) is -0.360. The molecule has 0 aromatic carbocycles. The van der Waals surface area contributed by atoms with Gasteiger partial charge in [0.15, 0.2) is 0 Å². The van der Waals surface area contributed by atoms with Crippen molar-refractivity contribution >= 4 is 12.0 Å². The van der Waals surface area contributed by atoms with Crippen molar-refractivity contribution in [2.75, 3.05) is 7.11 Å². The summed E-state index contributed by atoms with van der Waals surface area (Å²) in [6.45, 7) is 0. The van der Waals surface area contributed by atoms with E-state index in [9.17, 15) is 4.79 Å². The lowest BCUT2D eigenvalue weighted by atomic mass is 9.77. The monoisotopic (exact) mass is 238 g/mol. The second kappa shape index (κ2) is 4.67. The van der Waals surface area contributed by atoms with Crippen LogP contribution in [-0.2, 0) is 16.0 Å². The van der Waals surface area contributed by atoms with Gasteiger partial charge in [0.2, 0.25) is 11.8 Å². The number of hydrogen-bond donors (Lipinski definition) is 1. The Balaban J connectivity index is 2.01. The maximum absolute atomic E-state index is 10.3. The number of carbonyl (C=O) groups is 1. The minimum Gasteiger partial charge on any atom is -0.478 e. The minimum absolute atomic E-state index is 0.166. The smallest absolute Gasteiger partial charge is 0.328 e. The fourth-order valence-electron chi connectivity index (χ4n) is 1.85. The lowest BCUT2D eigenvalue weighted by molar-refractivity contribution is -0.131. The van der Waals surface area contributed by atoms with Gasteiger partial charge in [0.1, 0.15) is 0 Å². The minimum atomic E-state index is -1.04. The van der Waals surface area contributed by atoms with Gasteiger partial charge in [0, 0.05) is 19.3 Å². The molecule has 0 bridgehead atoms. The first kappa shape index (κ1) is 11.8. The molecule has 1 aliphatic carbocycles. The Morgan fingerprint density at radius 3 is 2.88 bits per heavy atom. The van der Waals surface area contributed by atoms with E-state index >= 15 is 0 Å². The molecule has 1 aromatic rings. The highest BCUT2D eigenvalue weighted by atomic mass is 16.5. The van der Waals surface area contributed by atoms with Crippen molar-refractivity contribution in [2.24, 2.45) is 0 Å². The van der Waals surface area contributed by atoms with Crippen molar-refractivity contribution < 1.29 is 19.1 Å². The normalized spacial score (nSPS) is 18.2. The zero-order valence-corrected chi connectivity index (χ0v) is 9.55. The van der Waals surface area contributed by atoms with Crippen LogP contribution in [0.3, 0.4) is 0 Å². The van der Waals surface area contributed by atoms with Gasteiger partial charge >= 0.3 is 5.97 Å². The van der Waals surface area contributed by atoms with Crippen LogP contribution in [0.4, 0.5) is 0 Å². The van der Waals surface area contributed by atoms with Crippen LogP contribution in [0, 0.1) is 0 Å². The van der Waals surface area contributed by atoms with Crippen molar-refractivity contribution in [3.05, 3.63) is 17.9 Å². The predicted octanol–water partition coefficient (Wildman–Crippen LogP) is 1.28. The van der Waals surface area contributed by atoms with Crippen LogP contribution >= 0.6 is 0 Å². The van der Waals surface area contributed by atoms with Gasteiger partial charge in [-0.25, -0.2) is 4.79 Å². The molecule has 0 amide bonds. The molecule has 0 atom stereocenters. The van der Waals surface area contributed by atoms with Crippen molar-refractivity contribution in [3.63, 3.8) is 0 Å². The van der Waals surface area contributed by atoms with E-state index in [1.54, 1.807) is 7.11 Å². The standard InChI is InChI=1S/C11H14N2O4/c1-16-11(5-2-6-11)7-9-13-12-8(17-9)3-4-10(14)15/h3-4H,2,5-7H2,1H3,(H,14,15)/b4-3+. The third-order valence-corrected chi connectivity index (χ3v) is 3.02. The fourth-order valence-corrected chi connectivity index (χ4v) is 1.85. The number of carboxylic acid groups (broad SMARTS) is 1. The molecule has 1 aliphatic rings. The fraction of sp³-hybridized carbons (Fsp3) is 0.545. The van der Waals surface area contributed by atoms with Crippen LogP contribution < -0.4 is 0 Å². The molecule has 2 rings (SSSR count). The molecule has 17 heavy (non-hydrogen) atoms. The molecule has 0 spiro atoms. The first-order valence-electron chi connectivity index (χ1n) is 5.42. The van der Waals surface area contributed by atoms with Gasteiger partial charge in [-0.2, -0.15) is 0 Å². The first-order chi connectivity index (χ1) is 8.13. The van der Waals surface area contributed by atoms with E-state index in [1.807, 2.05) is 0 Å². The third kappa shape index (κ3) is 2.71. The van der Waals surface area contributed by atoms with E-state index in [0.717, 1.165) is 25.3 Å². The lowest BCUT2D eigenvalue weighted by Gasteiger charge is -2.39. The molecular weight excluding hydrogens is 224 g/mol. The molecule has 6 heteroatoms. The molecule has 0 aliphatic heterocycles. The molecule has 92 valence electrons. The van der Waals surface area contributed by atoms with E-state index in [0.29, 0.717) is 12.3 Å². The number of rotatable bonds is 5. The summed E-state index contributed by atoms with van der Waals surface area (Å²) in [5, 5.41) is 16.1. The number of carboxylic acids is 1. The molecule has 0 radical (unpaired) electrons. The summed E-state index contributed by atoms with van der Waals surface area (Å²) in [6, 6.07) is 0. The number of aromatic nitrogens is 2. The van der Waals surface area contributed by atoms with Gasteiger partial charge in [-0.05, 0) is 19.3 Å². The molecular formula is C11H14N2O4. The van der Waals surface area contributed by atoms with E-state index in [2.05, 4.69) is 10.2 Å². The van der Waals surface area contributed by atoms with Crippen LogP contribution in [0.5, 0.6) is 0 Å². The van der Waals surface area contributed by atoms with Gasteiger partial charge in [-0.15, -0.1) is 10.2 Å². The van der Waals surface area contributed by atoms with Crippen LogP contribution in [0.15, 0.2) is 10.5 Å². The Morgan fingerprint density at radius 2 is 2.35 bits per heavy atom. The molecule has 0 unspecified atom stereocenters. The second-order valence-corrected chi connectivity index (χ2v) is 4.12. The van der Waals surface area contributed by atoms with Crippen LogP contribution in [0.1, 0.15) is 31.0 Å². The molecule has 0 saturated heterocycles. The lowest BCUT2D eigenvalue weighted by Crippen LogP contribution is -2.41. The second-order valence-electron chi connectivity index (χ2n) is 4.12. The number of hydrogen-bond acceptors (Lipinski definition) is 5. The van der Waals surface area contributed by atoms with E-state index in [4.69, 9.17) is 14.3 Å². The largest absolute Gasteiger partial charge is 0.478 e. The maximum atomic E-state index is 10.3. The number of methoxy groups -OCH3 is 1. The first-order valence-corrected chi connectivity index (χ1v) is 5.42. The number of nitrogens with zero attached hydrogens (tertiary/aromatic N) is 2. The molecule has 1 fully saturated rings. The van der Waals surface area contributed by atoms with Crippen LogP contribution in [0.25, 0.3) is 6.08 Å². The zero-order chi connectivity index (χ0) is 12.3. The van der Waals surface area contributed by atoms with Crippen molar-refractivity contribution in [3.8, 4) is 0 Å². The van der Waals surface area contributed by atoms with Crippen LogP contribution in [-0.4, -0.2) is 34.0 Å². The van der Waals surface area contributed by atoms with Gasteiger partial charge in [-0.3, -0.25) is 0 Å². The van der Waals surface area contributed by atoms with Gasteiger partial charge in [-0.1, -0.05) is 0 Å². The number of aliphatic carboxylic acids is 1. The van der Waals surface area contributed by atoms with E-state index in [1.165, 1.54) is 6.08 Å². The molecule has 1 saturated carbocycles. The predicted molar refractivity (Wildman–Crippen MR) is 58.3 cm³/mol. The Kier molecular flexibility index (Phi) is 3.23. The summed E-state index contributed by atoms with van der Waals surface area (Å²) in [5.41, 5.74) is -0.166. The summed E-state index contributed by atoms with van der Waals surface area (Å²) in [4.78, 5) is 10.3. The van der Waals surface area contributed by atoms with Gasteiger partial charge < -0.3 is 14.3 Å². The van der Waals surface area contributed by atoms with Crippen molar-refractivity contribution in [1.29, 1.82) is 0 Å². The topological polar surface area (TPSA) is 85.5 Å².